The first-order valence-electron chi connectivity index (χ1n) is 13.5. The topological polar surface area (TPSA) is 71.0 Å². The molecule has 2 N–H and O–H groups in total. The van der Waals surface area contributed by atoms with Crippen LogP contribution in [0.5, 0.6) is 11.5 Å². The van der Waals surface area contributed by atoms with Gasteiger partial charge in [-0.1, -0.05) is 24.3 Å². The number of nitrogens with zero attached hydrogens (tertiary/aromatic N) is 1. The lowest BCUT2D eigenvalue weighted by molar-refractivity contribution is -0.274. The number of hydrogen-bond acceptors (Lipinski definition) is 5. The zero-order valence-electron chi connectivity index (χ0n) is 22.0. The van der Waals surface area contributed by atoms with Crippen molar-refractivity contribution >= 4 is 12.0 Å². The van der Waals surface area contributed by atoms with E-state index < -0.39 is 12.0 Å². The Morgan fingerprint density at radius 3 is 2.67 bits per heavy atom. The number of piperidine rings is 1. The Morgan fingerprint density at radius 2 is 1.95 bits per heavy atom. The molecule has 0 spiro atoms. The van der Waals surface area contributed by atoms with Crippen LogP contribution < -0.4 is 10.1 Å². The van der Waals surface area contributed by atoms with Crippen molar-refractivity contribution in [1.82, 2.24) is 10.2 Å². The molecule has 0 radical (unpaired) electrons. The highest BCUT2D eigenvalue weighted by atomic mass is 19.4. The molecule has 1 heterocycles. The fourth-order valence-corrected chi connectivity index (χ4v) is 6.58. The molecule has 1 aliphatic heterocycles. The van der Waals surface area contributed by atoms with Gasteiger partial charge in [-0.2, -0.15) is 0 Å². The van der Waals surface area contributed by atoms with E-state index in [4.69, 9.17) is 4.74 Å². The second-order valence-electron chi connectivity index (χ2n) is 11.2. The molecular formula is C30H35F3N2O4. The van der Waals surface area contributed by atoms with Gasteiger partial charge in [-0.3, -0.25) is 4.79 Å². The van der Waals surface area contributed by atoms with Crippen molar-refractivity contribution in [3.05, 3.63) is 65.7 Å². The van der Waals surface area contributed by atoms with Crippen LogP contribution in [0.2, 0.25) is 0 Å². The highest BCUT2D eigenvalue weighted by Crippen LogP contribution is 2.54. The largest absolute Gasteiger partial charge is 0.573 e. The van der Waals surface area contributed by atoms with Crippen LogP contribution in [0.3, 0.4) is 0 Å². The van der Waals surface area contributed by atoms with Gasteiger partial charge in [0.05, 0.1) is 5.60 Å². The molecule has 6 nitrogen and oxygen atoms in total. The summed E-state index contributed by atoms with van der Waals surface area (Å²) in [6, 6.07) is 12.8. The number of likely N-dealkylation sites (tertiary alicyclic amines) is 1. The minimum Gasteiger partial charge on any atom is -0.508 e. The lowest BCUT2D eigenvalue weighted by Crippen LogP contribution is -2.68. The summed E-state index contributed by atoms with van der Waals surface area (Å²) in [6.45, 7) is 2.82. The first-order chi connectivity index (χ1) is 18.6. The molecule has 2 aromatic carbocycles. The summed E-state index contributed by atoms with van der Waals surface area (Å²) in [5, 5.41) is 13.4. The average Bonchev–Trinajstić information content (AvgIpc) is 3.71. The Labute approximate surface area is 226 Å². The zero-order valence-corrected chi connectivity index (χ0v) is 22.0. The maximum Gasteiger partial charge on any atom is 0.573 e. The molecule has 5 rings (SSSR count). The Bertz CT molecular complexity index is 1210. The molecule has 3 atom stereocenters. The number of nitrogens with one attached hydrogen (secondary N) is 1. The molecule has 9 heteroatoms. The third-order valence-electron chi connectivity index (χ3n) is 8.57. The monoisotopic (exact) mass is 544 g/mol. The van der Waals surface area contributed by atoms with Gasteiger partial charge in [-0.25, -0.2) is 0 Å². The SMILES string of the molecule is COC12CCC(NC(=O)/C=C/c3cccc(OC(F)(F)F)c3)CC1(c1cccc(O)c1)CCN(CC1CC1)C2. The molecule has 210 valence electrons. The number of rotatable bonds is 8. The van der Waals surface area contributed by atoms with Crippen molar-refractivity contribution in [2.45, 2.75) is 61.9 Å². The van der Waals surface area contributed by atoms with Gasteiger partial charge in [0, 0.05) is 37.7 Å². The van der Waals surface area contributed by atoms with Crippen LogP contribution in [-0.2, 0) is 14.9 Å². The summed E-state index contributed by atoms with van der Waals surface area (Å²) < 4.78 is 48.0. The van der Waals surface area contributed by atoms with E-state index in [2.05, 4.69) is 15.0 Å². The Balaban J connectivity index is 1.32. The Kier molecular flexibility index (Phi) is 7.66. The number of methoxy groups -OCH3 is 1. The van der Waals surface area contributed by atoms with Crippen molar-refractivity contribution < 1.29 is 32.5 Å². The fourth-order valence-electron chi connectivity index (χ4n) is 6.58. The normalized spacial score (nSPS) is 27.7. The first kappa shape index (κ1) is 27.5. The molecule has 3 aliphatic rings. The molecule has 3 fully saturated rings. The van der Waals surface area contributed by atoms with Crippen LogP contribution in [0, 0.1) is 5.92 Å². The van der Waals surface area contributed by atoms with Crippen LogP contribution in [0.1, 0.15) is 49.7 Å². The van der Waals surface area contributed by atoms with Gasteiger partial charge in [0.1, 0.15) is 11.5 Å². The number of fused-ring (bicyclic) bond motifs is 1. The number of hydrogen-bond donors (Lipinski definition) is 2. The average molecular weight is 545 g/mol. The minimum absolute atomic E-state index is 0.123. The van der Waals surface area contributed by atoms with Crippen molar-refractivity contribution in [2.75, 3.05) is 26.7 Å². The molecular weight excluding hydrogens is 509 g/mol. The molecule has 0 aromatic heterocycles. The third-order valence-corrected chi connectivity index (χ3v) is 8.57. The first-order valence-corrected chi connectivity index (χ1v) is 13.5. The molecule has 3 unspecified atom stereocenters. The smallest absolute Gasteiger partial charge is 0.508 e. The van der Waals surface area contributed by atoms with E-state index in [-0.39, 0.29) is 28.9 Å². The number of benzene rings is 2. The second-order valence-corrected chi connectivity index (χ2v) is 11.2. The number of carbonyl (C=O) groups excluding carboxylic acids is 1. The van der Waals surface area contributed by atoms with Crippen molar-refractivity contribution in [3.8, 4) is 11.5 Å². The zero-order chi connectivity index (χ0) is 27.7. The Hall–Kier alpha value is -3.04. The van der Waals surface area contributed by atoms with Gasteiger partial charge in [0.15, 0.2) is 0 Å². The summed E-state index contributed by atoms with van der Waals surface area (Å²) in [5.41, 5.74) is 0.618. The van der Waals surface area contributed by atoms with Crippen LogP contribution in [0.4, 0.5) is 13.2 Å². The Morgan fingerprint density at radius 1 is 1.15 bits per heavy atom. The maximum absolute atomic E-state index is 12.9. The molecule has 2 saturated carbocycles. The lowest BCUT2D eigenvalue weighted by Gasteiger charge is -2.60. The van der Waals surface area contributed by atoms with Gasteiger partial charge >= 0.3 is 6.36 Å². The second kappa shape index (κ2) is 10.8. The molecule has 2 aromatic rings. The van der Waals surface area contributed by atoms with E-state index in [0.717, 1.165) is 50.4 Å². The van der Waals surface area contributed by atoms with Crippen LogP contribution in [-0.4, -0.2) is 60.7 Å². The number of phenols is 1. The van der Waals surface area contributed by atoms with E-state index in [1.165, 1.54) is 43.2 Å². The van der Waals surface area contributed by atoms with Gasteiger partial charge in [0.25, 0.3) is 0 Å². The van der Waals surface area contributed by atoms with Gasteiger partial charge < -0.3 is 24.8 Å². The predicted molar refractivity (Wildman–Crippen MR) is 141 cm³/mol. The summed E-state index contributed by atoms with van der Waals surface area (Å²) in [4.78, 5) is 15.4. The summed E-state index contributed by atoms with van der Waals surface area (Å²) in [5.74, 6) is 0.326. The number of alkyl halides is 3. The van der Waals surface area contributed by atoms with Gasteiger partial charge in [-0.15, -0.1) is 13.2 Å². The molecule has 1 amide bonds. The van der Waals surface area contributed by atoms with E-state index in [1.807, 2.05) is 18.2 Å². The lowest BCUT2D eigenvalue weighted by atomic mass is 9.55. The quantitative estimate of drug-likeness (QED) is 0.435. The summed E-state index contributed by atoms with van der Waals surface area (Å²) in [7, 11) is 1.77. The standard InChI is InChI=1S/C30H35F3N2O4/c1-38-29-13-12-24(34-27(37)11-10-21-4-2-7-26(16-21)39-30(31,32)33)18-28(29,23-5-3-6-25(36)17-23)14-15-35(20-29)19-22-8-9-22/h2-7,10-11,16-17,22,24,36H,8-9,12-15,18-20H2,1H3,(H,34,37)/b11-10+. The van der Waals surface area contributed by atoms with Crippen molar-refractivity contribution in [2.24, 2.45) is 5.92 Å². The molecule has 39 heavy (non-hydrogen) atoms. The van der Waals surface area contributed by atoms with Crippen LogP contribution in [0.25, 0.3) is 6.08 Å². The number of aromatic hydroxyl groups is 1. The van der Waals surface area contributed by atoms with Crippen LogP contribution >= 0.6 is 0 Å². The van der Waals surface area contributed by atoms with Gasteiger partial charge in [-0.05, 0) is 92.5 Å². The molecule has 2 aliphatic carbocycles. The van der Waals surface area contributed by atoms with Crippen LogP contribution in [0.15, 0.2) is 54.6 Å². The highest BCUT2D eigenvalue weighted by Gasteiger charge is 2.59. The minimum atomic E-state index is -4.78. The molecule has 0 bridgehead atoms. The number of carbonyl (C=O) groups is 1. The van der Waals surface area contributed by atoms with E-state index in [1.54, 1.807) is 19.2 Å². The van der Waals surface area contributed by atoms with E-state index >= 15 is 0 Å². The number of amides is 1. The van der Waals surface area contributed by atoms with Gasteiger partial charge in [0.2, 0.25) is 5.91 Å². The van der Waals surface area contributed by atoms with Crippen molar-refractivity contribution in [1.29, 1.82) is 0 Å². The molecule has 1 saturated heterocycles. The van der Waals surface area contributed by atoms with E-state index in [0.29, 0.717) is 12.0 Å². The van der Waals surface area contributed by atoms with Crippen molar-refractivity contribution in [3.63, 3.8) is 0 Å². The van der Waals surface area contributed by atoms with E-state index in [9.17, 15) is 23.1 Å². The number of halogens is 3. The summed E-state index contributed by atoms with van der Waals surface area (Å²) in [6.07, 6.45) is 3.61. The summed E-state index contributed by atoms with van der Waals surface area (Å²) >= 11 is 0. The highest BCUT2D eigenvalue weighted by molar-refractivity contribution is 5.92. The fraction of sp³-hybridized carbons (Fsp3) is 0.500. The third kappa shape index (κ3) is 6.25. The predicted octanol–water partition coefficient (Wildman–Crippen LogP) is 5.41. The maximum atomic E-state index is 12.9. The number of phenolic OH excluding ortho intramolecular Hbond substituents is 1. The number of ether oxygens (including phenoxy) is 2.